The Hall–Kier alpha value is -9.40. The highest BCUT2D eigenvalue weighted by atomic mass is 32.2. The van der Waals surface area contributed by atoms with Gasteiger partial charge < -0.3 is 59.8 Å². The van der Waals surface area contributed by atoms with E-state index in [1.165, 1.54) is 62.0 Å². The van der Waals surface area contributed by atoms with Crippen LogP contribution in [0.1, 0.15) is 71.1 Å². The second kappa shape index (κ2) is 34.8. The van der Waals surface area contributed by atoms with Gasteiger partial charge in [-0.1, -0.05) is 47.8 Å². The lowest BCUT2D eigenvalue weighted by molar-refractivity contribution is -0.120. The van der Waals surface area contributed by atoms with E-state index in [9.17, 15) is 45.1 Å². The van der Waals surface area contributed by atoms with Gasteiger partial charge in [-0.3, -0.25) is 28.3 Å². The summed E-state index contributed by atoms with van der Waals surface area (Å²) in [5.74, 6) is 0.0159. The number of Topliss-reactive ketones (excluding diaryl/α,β-unsaturated/α-hetero) is 2. The van der Waals surface area contributed by atoms with Crippen molar-refractivity contribution in [1.82, 2.24) is 24.9 Å². The lowest BCUT2D eigenvalue weighted by Crippen LogP contribution is -2.36. The number of morpholine rings is 2. The number of methoxy groups -OCH3 is 2. The Balaban J connectivity index is 1.10. The molecule has 9 rings (SSSR count). The van der Waals surface area contributed by atoms with Gasteiger partial charge in [0.05, 0.1) is 94.1 Å². The highest BCUT2D eigenvalue weighted by Gasteiger charge is 2.27. The Morgan fingerprint density at radius 1 is 0.584 bits per heavy atom. The van der Waals surface area contributed by atoms with Gasteiger partial charge in [0.25, 0.3) is 32.1 Å². The van der Waals surface area contributed by atoms with E-state index >= 15 is 0 Å². The number of thiazole rings is 2. The van der Waals surface area contributed by atoms with Crippen molar-refractivity contribution >= 4 is 169 Å². The highest BCUT2D eigenvalue weighted by Crippen LogP contribution is 2.45. The first-order valence-electron chi connectivity index (χ1n) is 32.0. The number of azo groups is 2. The fourth-order valence-electron chi connectivity index (χ4n) is 10.3. The van der Waals surface area contributed by atoms with Gasteiger partial charge in [-0.05, 0) is 121 Å². The monoisotopic (exact) mass is 1480 g/mol. The van der Waals surface area contributed by atoms with Crippen molar-refractivity contribution in [3.05, 3.63) is 93.7 Å². The third kappa shape index (κ3) is 19.8. The van der Waals surface area contributed by atoms with E-state index in [0.717, 1.165) is 71.2 Å². The number of rotatable bonds is 32. The Bertz CT molecular complexity index is 4240. The molecule has 0 atom stereocenters. The van der Waals surface area contributed by atoms with Crippen LogP contribution in [-0.4, -0.2) is 173 Å². The molecule has 31 nitrogen and oxygen atoms in total. The Kier molecular flexibility index (Phi) is 26.1. The van der Waals surface area contributed by atoms with E-state index in [-0.39, 0.29) is 65.8 Å². The fraction of sp³-hybridized carbons (Fsp3) is 0.369. The maximum atomic E-state index is 13.8. The number of carbonyl (C=O) groups is 4. The topological polar surface area (TPSA) is 389 Å². The maximum Gasteiger partial charge on any atom is 0.294 e. The van der Waals surface area contributed by atoms with E-state index in [2.05, 4.69) is 48.2 Å². The third-order valence-electron chi connectivity index (χ3n) is 15.6. The van der Waals surface area contributed by atoms with Crippen molar-refractivity contribution in [1.29, 1.82) is 0 Å². The molecule has 2 aliphatic rings. The van der Waals surface area contributed by atoms with Crippen molar-refractivity contribution in [2.24, 2.45) is 20.5 Å². The van der Waals surface area contributed by atoms with Gasteiger partial charge in [0.1, 0.15) is 34.5 Å². The van der Waals surface area contributed by atoms with E-state index in [4.69, 9.17) is 54.1 Å². The normalized spacial score (nSPS) is 13.9. The van der Waals surface area contributed by atoms with Crippen LogP contribution < -0.4 is 50.3 Å². The second-order valence-corrected chi connectivity index (χ2v) is 28.2. The van der Waals surface area contributed by atoms with Gasteiger partial charge >= 0.3 is 0 Å². The minimum absolute atomic E-state index is 0.114. The predicted octanol–water partition coefficient (Wildman–Crippen LogP) is 12.1. The minimum Gasteiger partial charge on any atom is -0.494 e. The number of anilines is 10. The molecule has 36 heteroatoms. The van der Waals surface area contributed by atoms with Gasteiger partial charge in [0.15, 0.2) is 16.7 Å². The molecule has 0 saturated carbocycles. The Labute approximate surface area is 596 Å². The minimum atomic E-state index is -4.50. The first kappa shape index (κ1) is 75.8. The van der Waals surface area contributed by atoms with Crippen LogP contribution in [0.15, 0.2) is 119 Å². The maximum absolute atomic E-state index is 13.8. The fourth-order valence-corrected chi connectivity index (χ4v) is 13.9. The summed E-state index contributed by atoms with van der Waals surface area (Å²) in [4.78, 5) is 86.9. The molecule has 7 aromatic rings. The summed E-state index contributed by atoms with van der Waals surface area (Å²) in [6.45, 7) is 18.4. The molecule has 6 N–H and O–H groups in total. The van der Waals surface area contributed by atoms with Crippen LogP contribution in [0, 0.1) is 0 Å². The molecule has 0 aliphatic carbocycles. The summed E-state index contributed by atoms with van der Waals surface area (Å²) in [7, 11) is -5.90. The number of ether oxygens (including phenoxy) is 4. The molecule has 0 unspecified atom stereocenters. The number of unbranched alkanes of at least 4 members (excludes halogenated alkanes) is 1. The van der Waals surface area contributed by atoms with E-state index in [1.807, 2.05) is 49.6 Å². The standard InChI is InChI=1S/C65H77N17O14S5/c1-10-15-32-97-63-73-61(68-47-35-51(79(11-2)12-3)53(93-8)37-49(47)75-77-64-70-57(81-24-28-95-29-25-81)55(98-64)33-45(39(6)83)59(85)66-41-16-20-43(21-17-41)100(87,88)89)72-62(74-63)69-48-36-52(80(13-4)14-5)54(94-9)38-50(48)76-78-65-71-58(82-26-30-96-31-27-82)56(99-65)34-46(40(7)84)60(86)67-42-18-22-44(23-19-42)101(90,91)92/h16-23,33-38H,10-15,24-32H2,1-9H3,(H,66,85)(H,67,86)(H,87,88,89)(H,90,91,92)(H2,68,69,72,73,74). The third-order valence-corrected chi connectivity index (χ3v) is 20.0. The summed E-state index contributed by atoms with van der Waals surface area (Å²) in [5, 5.41) is 31.7. The van der Waals surface area contributed by atoms with E-state index in [0.29, 0.717) is 134 Å². The molecule has 101 heavy (non-hydrogen) atoms. The van der Waals surface area contributed by atoms with Crippen molar-refractivity contribution in [2.75, 3.05) is 140 Å². The number of nitrogens with zero attached hydrogens (tertiary/aromatic N) is 13. The Morgan fingerprint density at radius 2 is 0.970 bits per heavy atom. The molecular weight excluding hydrogens is 1400 g/mol. The van der Waals surface area contributed by atoms with Gasteiger partial charge in [-0.25, -0.2) is 0 Å². The summed E-state index contributed by atoms with van der Waals surface area (Å²) in [5.41, 5.74) is 2.69. The van der Waals surface area contributed by atoms with Crippen LogP contribution in [0.5, 0.6) is 11.5 Å². The molecule has 2 fully saturated rings. The predicted molar refractivity (Wildman–Crippen MR) is 391 cm³/mol. The van der Waals surface area contributed by atoms with Crippen LogP contribution in [-0.2, 0) is 48.9 Å². The molecule has 2 saturated heterocycles. The molecule has 0 radical (unpaired) electrons. The zero-order valence-electron chi connectivity index (χ0n) is 56.8. The van der Waals surface area contributed by atoms with Gasteiger partial charge in [-0.15, -0.1) is 20.5 Å². The van der Waals surface area contributed by atoms with Gasteiger partial charge in [0.2, 0.25) is 22.2 Å². The van der Waals surface area contributed by atoms with Crippen molar-refractivity contribution in [2.45, 2.75) is 76.3 Å². The van der Waals surface area contributed by atoms with E-state index in [1.54, 1.807) is 26.4 Å². The number of ketones is 2. The zero-order chi connectivity index (χ0) is 72.5. The average molecular weight is 1480 g/mol. The van der Waals surface area contributed by atoms with Gasteiger partial charge in [0, 0.05) is 81.6 Å². The molecule has 2 aliphatic heterocycles. The molecule has 5 heterocycles. The average Bonchev–Trinajstić information content (AvgIpc) is 1.76. The SMILES string of the molecule is CCCCSc1nc(Nc2cc(N(CC)CC)c(OC)cc2N=Nc2nc(N3CCOCC3)c(C=C(C(C)=O)C(=O)Nc3ccc(S(=O)(=O)O)cc3)s2)nc(Nc2cc(N(CC)CC)c(OC)cc2N=Nc2nc(N3CCOCC3)c(C=C(C(C)=O)C(=O)Nc3ccc(S(=O)(=O)O)cc3)s2)n1. The number of carbonyl (C=O) groups excluding carboxylic acids is 4. The van der Waals surface area contributed by atoms with Crippen LogP contribution >= 0.6 is 34.4 Å². The molecule has 4 aromatic carbocycles. The number of benzene rings is 4. The molecule has 2 amide bonds. The first-order chi connectivity index (χ1) is 48.4. The summed E-state index contributed by atoms with van der Waals surface area (Å²) in [6, 6.07) is 16.8. The number of thioether (sulfide) groups is 1. The number of hydrogen-bond acceptors (Lipinski definition) is 30. The number of hydrogen-bond donors (Lipinski definition) is 6. The highest BCUT2D eigenvalue weighted by molar-refractivity contribution is 7.99. The molecular formula is C65H77N17O14S5. The Morgan fingerprint density at radius 3 is 1.31 bits per heavy atom. The van der Waals surface area contributed by atoms with Crippen LogP contribution in [0.25, 0.3) is 12.2 Å². The molecule has 0 bridgehead atoms. The molecule has 0 spiro atoms. The lowest BCUT2D eigenvalue weighted by Gasteiger charge is -2.27. The quantitative estimate of drug-likeness (QED) is 0.00434. The molecule has 3 aromatic heterocycles. The van der Waals surface area contributed by atoms with Crippen molar-refractivity contribution in [3.8, 4) is 11.5 Å². The lowest BCUT2D eigenvalue weighted by atomic mass is 10.1. The van der Waals surface area contributed by atoms with Crippen LogP contribution in [0.4, 0.5) is 79.3 Å². The largest absolute Gasteiger partial charge is 0.494 e. The van der Waals surface area contributed by atoms with Crippen LogP contribution in [0.2, 0.25) is 0 Å². The van der Waals surface area contributed by atoms with Crippen LogP contribution in [0.3, 0.4) is 0 Å². The second-order valence-electron chi connectivity index (χ2n) is 22.2. The summed E-state index contributed by atoms with van der Waals surface area (Å²) in [6.07, 6.45) is 4.61. The number of aromatic nitrogens is 5. The smallest absolute Gasteiger partial charge is 0.294 e. The summed E-state index contributed by atoms with van der Waals surface area (Å²) < 4.78 is 89.1. The number of amides is 2. The molecule has 536 valence electrons. The van der Waals surface area contributed by atoms with Crippen molar-refractivity contribution in [3.63, 3.8) is 0 Å². The summed E-state index contributed by atoms with van der Waals surface area (Å²) >= 11 is 3.59. The first-order valence-corrected chi connectivity index (χ1v) is 37.5. The number of nitrogens with one attached hydrogen (secondary N) is 4. The van der Waals surface area contributed by atoms with E-state index < -0.39 is 43.6 Å². The zero-order valence-corrected chi connectivity index (χ0v) is 60.9. The van der Waals surface area contributed by atoms with Crippen molar-refractivity contribution < 1.29 is 64.1 Å². The van der Waals surface area contributed by atoms with Gasteiger partial charge in [-0.2, -0.15) is 41.8 Å².